The molecular formula is C41H33N17. The second-order valence-electron chi connectivity index (χ2n) is 14.0. The Hall–Kier alpha value is -8.08. The largest absolute Gasteiger partial charge is 0.343 e. The lowest BCUT2D eigenvalue weighted by molar-refractivity contribution is 0.879. The van der Waals surface area contributed by atoms with E-state index < -0.39 is 0 Å². The fraction of sp³-hybridized carbons (Fsp3) is 0.122. The van der Waals surface area contributed by atoms with Gasteiger partial charge in [0.2, 0.25) is 17.5 Å². The Morgan fingerprint density at radius 2 is 1.59 bits per heavy atom. The van der Waals surface area contributed by atoms with Crippen molar-refractivity contribution in [2.45, 2.75) is 20.3 Å². The minimum Gasteiger partial charge on any atom is -0.343 e. The van der Waals surface area contributed by atoms with Gasteiger partial charge in [-0.25, -0.2) is 43.7 Å². The number of aliphatic imine (C=N–C) groups is 2. The number of anilines is 3. The van der Waals surface area contributed by atoms with Crippen LogP contribution < -0.4 is 10.6 Å². The minimum atomic E-state index is 0.125. The summed E-state index contributed by atoms with van der Waals surface area (Å²) in [5, 5.41) is 18.0. The Bertz CT molecular complexity index is 3250. The number of fused-ring (bicyclic) bond motifs is 1. The van der Waals surface area contributed by atoms with Gasteiger partial charge < -0.3 is 15.2 Å². The maximum Gasteiger partial charge on any atom is 0.240 e. The van der Waals surface area contributed by atoms with Crippen LogP contribution in [0, 0.1) is 5.92 Å². The monoisotopic (exact) mass is 763 g/mol. The first-order chi connectivity index (χ1) is 28.5. The Labute approximate surface area is 329 Å². The first kappa shape index (κ1) is 33.3. The van der Waals surface area contributed by atoms with Crippen molar-refractivity contribution in [2.24, 2.45) is 23.0 Å². The van der Waals surface area contributed by atoms with E-state index in [1.54, 1.807) is 31.1 Å². The number of nitrogens with one attached hydrogen (secondary N) is 2. The smallest absolute Gasteiger partial charge is 0.240 e. The van der Waals surface area contributed by atoms with E-state index in [-0.39, 0.29) is 5.92 Å². The van der Waals surface area contributed by atoms with E-state index >= 15 is 0 Å². The van der Waals surface area contributed by atoms with E-state index in [1.165, 1.54) is 6.33 Å². The highest BCUT2D eigenvalue weighted by molar-refractivity contribution is 6.06. The van der Waals surface area contributed by atoms with Crippen LogP contribution in [0.15, 0.2) is 121 Å². The normalized spacial score (nSPS) is 14.3. The molecule has 0 aliphatic carbocycles. The molecule has 1 unspecified atom stereocenters. The third kappa shape index (κ3) is 5.31. The Morgan fingerprint density at radius 1 is 0.810 bits per heavy atom. The molecule has 0 amide bonds. The maximum absolute atomic E-state index is 5.16. The molecule has 58 heavy (non-hydrogen) atoms. The highest BCUT2D eigenvalue weighted by Gasteiger charge is 2.25. The van der Waals surface area contributed by atoms with E-state index in [0.717, 1.165) is 72.9 Å². The number of amidine groups is 1. The van der Waals surface area contributed by atoms with E-state index in [0.29, 0.717) is 29.7 Å². The molecule has 1 aliphatic heterocycles. The summed E-state index contributed by atoms with van der Waals surface area (Å²) in [5.74, 6) is 3.25. The summed E-state index contributed by atoms with van der Waals surface area (Å²) in [6.07, 6.45) is 20.4. The number of hydrogen-bond acceptors (Lipinski definition) is 12. The molecule has 0 saturated carbocycles. The molecule has 0 saturated heterocycles. The summed E-state index contributed by atoms with van der Waals surface area (Å²) < 4.78 is 9.48. The molecule has 11 rings (SSSR count). The summed E-state index contributed by atoms with van der Waals surface area (Å²) in [6, 6.07) is 16.1. The van der Waals surface area contributed by atoms with Gasteiger partial charge in [0.1, 0.15) is 18.5 Å². The van der Waals surface area contributed by atoms with E-state index in [4.69, 9.17) is 19.9 Å². The predicted molar refractivity (Wildman–Crippen MR) is 223 cm³/mol. The van der Waals surface area contributed by atoms with Crippen molar-refractivity contribution >= 4 is 73.9 Å². The number of imidazole rings is 2. The van der Waals surface area contributed by atoms with Gasteiger partial charge in [0, 0.05) is 91.0 Å². The zero-order valence-corrected chi connectivity index (χ0v) is 31.5. The van der Waals surface area contributed by atoms with Gasteiger partial charge in [-0.1, -0.05) is 19.1 Å². The Kier molecular flexibility index (Phi) is 7.46. The van der Waals surface area contributed by atoms with Gasteiger partial charge in [0.15, 0.2) is 5.82 Å². The summed E-state index contributed by atoms with van der Waals surface area (Å²) in [7, 11) is 1.94. The van der Waals surface area contributed by atoms with Crippen LogP contribution in [0.4, 0.5) is 23.0 Å². The highest BCUT2D eigenvalue weighted by Crippen LogP contribution is 2.39. The molecular weight excluding hydrogens is 731 g/mol. The highest BCUT2D eigenvalue weighted by atomic mass is 15.3. The van der Waals surface area contributed by atoms with Crippen LogP contribution in [0.2, 0.25) is 0 Å². The Balaban J connectivity index is 1.10. The molecule has 1 atom stereocenters. The standard InChI is InChI=1S/C41H33N17/c1-4-42-30-17-25(56-14-5-10-48-56)18-31(50-37-24(2)9-12-43-37)29(30)21-32-27-7-8-28-35(27)58-40(51-32)45-22-46-41(58)53-38(28)55-23-47-33-19-26(57-15-6-11-49-57)20-34(36(33)55)52-39-44-13-16-54(39)3/h4-20,22-24H,21H2,1-3H3,(H,43,50)(H,44,52). The first-order valence-electron chi connectivity index (χ1n) is 18.7. The van der Waals surface area contributed by atoms with Crippen molar-refractivity contribution in [3.63, 3.8) is 0 Å². The zero-order chi connectivity index (χ0) is 38.9. The van der Waals surface area contributed by atoms with Crippen LogP contribution in [-0.2, 0) is 13.5 Å². The van der Waals surface area contributed by atoms with Crippen molar-refractivity contribution in [1.29, 1.82) is 0 Å². The third-order valence-corrected chi connectivity index (χ3v) is 10.5. The van der Waals surface area contributed by atoms with Gasteiger partial charge in [0.25, 0.3) is 0 Å². The second-order valence-corrected chi connectivity index (χ2v) is 14.0. The van der Waals surface area contributed by atoms with Crippen molar-refractivity contribution in [2.75, 3.05) is 10.6 Å². The zero-order valence-electron chi connectivity index (χ0n) is 31.5. The average molecular weight is 764 g/mol. The van der Waals surface area contributed by atoms with Gasteiger partial charge >= 0.3 is 0 Å². The number of nitrogens with zero attached hydrogens (tertiary/aromatic N) is 15. The van der Waals surface area contributed by atoms with Crippen LogP contribution in [0.1, 0.15) is 25.1 Å². The van der Waals surface area contributed by atoms with Gasteiger partial charge in [-0.05, 0) is 49.4 Å². The molecule has 0 spiro atoms. The minimum absolute atomic E-state index is 0.125. The lowest BCUT2D eigenvalue weighted by atomic mass is 10.0. The molecule has 8 heterocycles. The van der Waals surface area contributed by atoms with Crippen LogP contribution in [0.25, 0.3) is 56.1 Å². The summed E-state index contributed by atoms with van der Waals surface area (Å²) >= 11 is 0. The maximum atomic E-state index is 5.16. The van der Waals surface area contributed by atoms with Gasteiger partial charge in [-0.3, -0.25) is 9.56 Å². The number of rotatable bonds is 9. The molecule has 10 aromatic rings. The average Bonchev–Trinajstić information content (AvgIpc) is 4.09. The van der Waals surface area contributed by atoms with Crippen molar-refractivity contribution < 1.29 is 0 Å². The van der Waals surface area contributed by atoms with Crippen LogP contribution in [0.3, 0.4) is 0 Å². The molecule has 0 bridgehead atoms. The predicted octanol–water partition coefficient (Wildman–Crippen LogP) is 6.74. The Morgan fingerprint density at radius 3 is 2.31 bits per heavy atom. The van der Waals surface area contributed by atoms with Gasteiger partial charge in [-0.15, -0.1) is 0 Å². The van der Waals surface area contributed by atoms with Crippen molar-refractivity contribution in [1.82, 2.24) is 63.0 Å². The fourth-order valence-electron chi connectivity index (χ4n) is 7.68. The van der Waals surface area contributed by atoms with E-state index in [2.05, 4.69) is 72.0 Å². The lowest BCUT2D eigenvalue weighted by Crippen LogP contribution is -2.18. The van der Waals surface area contributed by atoms with Crippen molar-refractivity contribution in [3.8, 4) is 17.2 Å². The van der Waals surface area contributed by atoms with E-state index in [9.17, 15) is 0 Å². The number of aryl methyl sites for hydroxylation is 1. The third-order valence-electron chi connectivity index (χ3n) is 10.5. The molecule has 0 radical (unpaired) electrons. The molecule has 282 valence electrons. The number of benzene rings is 2. The molecule has 7 aromatic heterocycles. The van der Waals surface area contributed by atoms with Crippen molar-refractivity contribution in [3.05, 3.63) is 122 Å². The SMILES string of the molecule is CC=Nc1cc(-n2cccn2)cc(NC2=NC=CC2C)c1Cc1nc2ncnc3nc(-n4cnc5cc(-n6cccn6)cc(Nc6nccn6C)c54)c4ccc1c4n23. The molecule has 0 fully saturated rings. The molecule has 17 nitrogen and oxygen atoms in total. The molecule has 1 aliphatic rings. The van der Waals surface area contributed by atoms with E-state index in [1.807, 2.05) is 92.0 Å². The second kappa shape index (κ2) is 13.0. The fourth-order valence-corrected chi connectivity index (χ4v) is 7.68. The number of hydrogen-bond donors (Lipinski definition) is 2. The molecule has 17 heteroatoms. The first-order valence-corrected chi connectivity index (χ1v) is 18.7. The summed E-state index contributed by atoms with van der Waals surface area (Å²) in [6.45, 7) is 4.03. The number of aromatic nitrogens is 13. The molecule has 3 aromatic carbocycles. The topological polar surface area (TPSA) is 176 Å². The van der Waals surface area contributed by atoms with Crippen LogP contribution >= 0.6 is 0 Å². The quantitative estimate of drug-likeness (QED) is 0.150. The lowest BCUT2D eigenvalue weighted by Gasteiger charge is -2.19. The van der Waals surface area contributed by atoms with Crippen LogP contribution in [-0.4, -0.2) is 75.0 Å². The van der Waals surface area contributed by atoms with Gasteiger partial charge in [0.05, 0.1) is 45.0 Å². The van der Waals surface area contributed by atoms with Gasteiger partial charge in [-0.2, -0.15) is 15.2 Å². The summed E-state index contributed by atoms with van der Waals surface area (Å²) in [5.41, 5.74) is 8.38. The summed E-state index contributed by atoms with van der Waals surface area (Å²) in [4.78, 5) is 38.5. The van der Waals surface area contributed by atoms with Crippen LogP contribution in [0.5, 0.6) is 0 Å². The molecule has 2 N–H and O–H groups in total.